The van der Waals surface area contributed by atoms with Crippen LogP contribution in [0.15, 0.2) is 55.1 Å². The topological polar surface area (TPSA) is 86.7 Å². The monoisotopic (exact) mass is 433 g/mol. The van der Waals surface area contributed by atoms with E-state index in [9.17, 15) is 18.0 Å². The number of hydrogen-bond donors (Lipinski definition) is 1. The molecule has 0 saturated carbocycles. The number of rotatable bonds is 3. The van der Waals surface area contributed by atoms with Crippen molar-refractivity contribution in [1.29, 1.82) is 0 Å². The number of primary amides is 1. The Morgan fingerprint density at radius 1 is 0.969 bits per heavy atom. The summed E-state index contributed by atoms with van der Waals surface area (Å²) in [6, 6.07) is 8.74. The molecule has 0 bridgehead atoms. The first kappa shape index (κ1) is 19.7. The van der Waals surface area contributed by atoms with Gasteiger partial charge in [-0.1, -0.05) is 6.07 Å². The highest BCUT2D eigenvalue weighted by Gasteiger charge is 2.20. The molecule has 32 heavy (non-hydrogen) atoms. The van der Waals surface area contributed by atoms with Crippen molar-refractivity contribution in [3.05, 3.63) is 83.8 Å². The van der Waals surface area contributed by atoms with E-state index in [0.717, 1.165) is 11.8 Å². The molecule has 1 amide bonds. The van der Waals surface area contributed by atoms with Crippen molar-refractivity contribution in [2.24, 2.45) is 5.73 Å². The molecule has 0 fully saturated rings. The van der Waals surface area contributed by atoms with Gasteiger partial charge in [0.15, 0.2) is 5.82 Å². The molecule has 0 spiro atoms. The second-order valence-electron chi connectivity index (χ2n) is 7.25. The third-order valence-corrected chi connectivity index (χ3v) is 5.36. The molecule has 2 aromatic carbocycles. The molecule has 0 radical (unpaired) electrons. The van der Waals surface area contributed by atoms with E-state index < -0.39 is 23.5 Å². The number of nitrogens with zero attached hydrogens (tertiary/aromatic N) is 4. The van der Waals surface area contributed by atoms with E-state index in [1.807, 2.05) is 6.92 Å². The Morgan fingerprint density at radius 3 is 2.53 bits per heavy atom. The number of pyridine rings is 2. The van der Waals surface area contributed by atoms with Gasteiger partial charge in [0.2, 0.25) is 5.95 Å². The largest absolute Gasteiger partial charge is 0.366 e. The van der Waals surface area contributed by atoms with Gasteiger partial charge in [-0.15, -0.1) is 0 Å². The average molecular weight is 433 g/mol. The van der Waals surface area contributed by atoms with Crippen molar-refractivity contribution in [3.8, 4) is 16.8 Å². The lowest BCUT2D eigenvalue weighted by Crippen LogP contribution is -2.12. The van der Waals surface area contributed by atoms with Gasteiger partial charge in [-0.3, -0.25) is 14.3 Å². The average Bonchev–Trinajstić information content (AvgIpc) is 3.21. The fourth-order valence-electron chi connectivity index (χ4n) is 3.84. The normalized spacial score (nSPS) is 11.4. The summed E-state index contributed by atoms with van der Waals surface area (Å²) in [5.74, 6) is -3.71. The molecule has 9 heteroatoms. The number of aryl methyl sites for hydroxylation is 1. The summed E-state index contributed by atoms with van der Waals surface area (Å²) >= 11 is 0. The second kappa shape index (κ2) is 7.16. The van der Waals surface area contributed by atoms with Gasteiger partial charge in [-0.05, 0) is 48.4 Å². The number of halogens is 3. The summed E-state index contributed by atoms with van der Waals surface area (Å²) in [4.78, 5) is 24.0. The first-order valence-electron chi connectivity index (χ1n) is 9.52. The Hall–Kier alpha value is -4.27. The van der Waals surface area contributed by atoms with E-state index in [1.165, 1.54) is 36.8 Å². The van der Waals surface area contributed by atoms with E-state index in [1.54, 1.807) is 16.7 Å². The number of carbonyl (C=O) groups excluding carboxylic acids is 1. The van der Waals surface area contributed by atoms with Gasteiger partial charge >= 0.3 is 0 Å². The number of nitrogens with two attached hydrogens (primary N) is 1. The van der Waals surface area contributed by atoms with Crippen LogP contribution in [0.1, 0.15) is 15.9 Å². The van der Waals surface area contributed by atoms with Crippen molar-refractivity contribution in [2.75, 3.05) is 0 Å². The summed E-state index contributed by atoms with van der Waals surface area (Å²) in [5.41, 5.74) is 7.93. The Morgan fingerprint density at radius 2 is 1.75 bits per heavy atom. The maximum atomic E-state index is 14.8. The molecule has 3 aromatic heterocycles. The van der Waals surface area contributed by atoms with E-state index in [-0.39, 0.29) is 27.6 Å². The van der Waals surface area contributed by atoms with Crippen LogP contribution in [-0.2, 0) is 0 Å². The van der Waals surface area contributed by atoms with Gasteiger partial charge in [0.05, 0.1) is 27.7 Å². The van der Waals surface area contributed by atoms with Crippen molar-refractivity contribution in [2.45, 2.75) is 6.92 Å². The first-order valence-corrected chi connectivity index (χ1v) is 9.52. The SMILES string of the molecule is Cc1ccc(F)c2c(-n3cnc4c(C(N)=O)cc(-c5ccnc(F)c5F)cc43)ccnc12. The molecule has 0 unspecified atom stereocenters. The number of benzene rings is 2. The summed E-state index contributed by atoms with van der Waals surface area (Å²) in [6.45, 7) is 1.81. The van der Waals surface area contributed by atoms with Gasteiger partial charge in [0.1, 0.15) is 17.7 Å². The predicted molar refractivity (Wildman–Crippen MR) is 113 cm³/mol. The van der Waals surface area contributed by atoms with Crippen LogP contribution in [0.2, 0.25) is 0 Å². The number of aromatic nitrogens is 4. The van der Waals surface area contributed by atoms with E-state index in [2.05, 4.69) is 15.0 Å². The fourth-order valence-corrected chi connectivity index (χ4v) is 3.84. The van der Waals surface area contributed by atoms with E-state index in [0.29, 0.717) is 16.7 Å². The Balaban J connectivity index is 1.87. The smallest absolute Gasteiger partial charge is 0.250 e. The lowest BCUT2D eigenvalue weighted by molar-refractivity contribution is 0.100. The quantitative estimate of drug-likeness (QED) is 0.426. The van der Waals surface area contributed by atoms with E-state index in [4.69, 9.17) is 5.73 Å². The zero-order valence-electron chi connectivity index (χ0n) is 16.6. The summed E-state index contributed by atoms with van der Waals surface area (Å²) in [5, 5.41) is 0.263. The lowest BCUT2D eigenvalue weighted by Gasteiger charge is -2.12. The molecule has 5 aromatic rings. The summed E-state index contributed by atoms with van der Waals surface area (Å²) < 4.78 is 44.6. The van der Waals surface area contributed by atoms with Crippen LogP contribution in [0.3, 0.4) is 0 Å². The van der Waals surface area contributed by atoms with Crippen LogP contribution in [0, 0.1) is 24.5 Å². The molecule has 0 aliphatic heterocycles. The highest BCUT2D eigenvalue weighted by Crippen LogP contribution is 2.33. The van der Waals surface area contributed by atoms with Crippen molar-refractivity contribution >= 4 is 27.8 Å². The first-order chi connectivity index (χ1) is 15.4. The zero-order chi connectivity index (χ0) is 22.6. The van der Waals surface area contributed by atoms with Gasteiger partial charge < -0.3 is 5.73 Å². The van der Waals surface area contributed by atoms with E-state index >= 15 is 0 Å². The maximum Gasteiger partial charge on any atom is 0.250 e. The van der Waals surface area contributed by atoms with Crippen molar-refractivity contribution in [1.82, 2.24) is 19.5 Å². The van der Waals surface area contributed by atoms with Gasteiger partial charge in [-0.25, -0.2) is 18.7 Å². The van der Waals surface area contributed by atoms with Crippen molar-refractivity contribution in [3.63, 3.8) is 0 Å². The molecule has 2 N–H and O–H groups in total. The summed E-state index contributed by atoms with van der Waals surface area (Å²) in [6.07, 6.45) is 4.07. The molecule has 0 atom stereocenters. The molecular formula is C23H14F3N5O. The molecule has 6 nitrogen and oxygen atoms in total. The number of carbonyl (C=O) groups is 1. The number of hydrogen-bond acceptors (Lipinski definition) is 4. The lowest BCUT2D eigenvalue weighted by atomic mass is 10.0. The minimum absolute atomic E-state index is 0.0166. The zero-order valence-corrected chi connectivity index (χ0v) is 16.6. The minimum Gasteiger partial charge on any atom is -0.366 e. The Kier molecular flexibility index (Phi) is 4.40. The fraction of sp³-hybridized carbons (Fsp3) is 0.0435. The Bertz CT molecular complexity index is 1560. The van der Waals surface area contributed by atoms with Crippen LogP contribution >= 0.6 is 0 Å². The highest BCUT2D eigenvalue weighted by atomic mass is 19.2. The van der Waals surface area contributed by atoms with Gasteiger partial charge in [-0.2, -0.15) is 4.39 Å². The molecular weight excluding hydrogens is 419 g/mol. The van der Waals surface area contributed by atoms with Crippen LogP contribution in [0.25, 0.3) is 38.8 Å². The van der Waals surface area contributed by atoms with Gasteiger partial charge in [0, 0.05) is 18.0 Å². The standard InChI is InChI=1S/C23H14F3N5O/c1-11-2-3-15(24)18-16(5-7-28-20(11)18)31-10-30-21-14(23(27)32)8-12(9-17(21)31)13-4-6-29-22(26)19(13)25/h2-10H,1H3,(H2,27,32). The molecule has 158 valence electrons. The number of amides is 1. The predicted octanol–water partition coefficient (Wildman–Crippen LogP) is 4.46. The number of imidazole rings is 1. The minimum atomic E-state index is -1.27. The van der Waals surface area contributed by atoms with Gasteiger partial charge in [0.25, 0.3) is 5.91 Å². The highest BCUT2D eigenvalue weighted by molar-refractivity contribution is 6.06. The second-order valence-corrected chi connectivity index (χ2v) is 7.25. The summed E-state index contributed by atoms with van der Waals surface area (Å²) in [7, 11) is 0. The maximum absolute atomic E-state index is 14.8. The van der Waals surface area contributed by atoms with Crippen LogP contribution in [0.5, 0.6) is 0 Å². The third-order valence-electron chi connectivity index (χ3n) is 5.36. The molecule has 0 aliphatic carbocycles. The molecule has 3 heterocycles. The van der Waals surface area contributed by atoms with Crippen LogP contribution in [-0.4, -0.2) is 25.4 Å². The van der Waals surface area contributed by atoms with Crippen molar-refractivity contribution < 1.29 is 18.0 Å². The molecule has 0 saturated heterocycles. The number of fused-ring (bicyclic) bond motifs is 2. The molecule has 5 rings (SSSR count). The molecule has 0 aliphatic rings. The van der Waals surface area contributed by atoms with Crippen LogP contribution in [0.4, 0.5) is 13.2 Å². The third kappa shape index (κ3) is 2.89. The van der Waals surface area contributed by atoms with Crippen LogP contribution < -0.4 is 5.73 Å². The Labute approximate surface area is 179 Å².